The van der Waals surface area contributed by atoms with Crippen LogP contribution in [0.15, 0.2) is 59.7 Å². The van der Waals surface area contributed by atoms with E-state index in [4.69, 9.17) is 20.0 Å². The van der Waals surface area contributed by atoms with Gasteiger partial charge in [0.15, 0.2) is 0 Å². The predicted octanol–water partition coefficient (Wildman–Crippen LogP) is 3.30. The van der Waals surface area contributed by atoms with Crippen LogP contribution < -0.4 is 9.47 Å². The average molecular weight is 432 g/mol. The third-order valence-electron chi connectivity index (χ3n) is 4.09. The van der Waals surface area contributed by atoms with Crippen molar-refractivity contribution in [1.82, 2.24) is 0 Å². The van der Waals surface area contributed by atoms with Gasteiger partial charge < -0.3 is 18.9 Å². The van der Waals surface area contributed by atoms with Gasteiger partial charge in [-0.15, -0.1) is 0 Å². The molecule has 0 bridgehead atoms. The molecule has 0 aromatic heterocycles. The van der Waals surface area contributed by atoms with Crippen molar-refractivity contribution >= 4 is 24.1 Å². The summed E-state index contributed by atoms with van der Waals surface area (Å²) in [4.78, 5) is 23.3. The number of carbonyl (C=O) groups is 2. The minimum Gasteiger partial charge on any atom is -0.489 e. The first-order valence-corrected chi connectivity index (χ1v) is 9.38. The summed E-state index contributed by atoms with van der Waals surface area (Å²) in [5.41, 5.74) is 0.767. The van der Waals surface area contributed by atoms with E-state index >= 15 is 0 Å². The second-order valence-electron chi connectivity index (χ2n) is 6.10. The molecule has 0 spiro atoms. The SMILES string of the molecule is COC(=O)C(C#N)=Cc1ccccc1OCCOc1ccccc1C=C(C#N)C(=O)OC. The molecule has 2 aromatic carbocycles. The molecule has 32 heavy (non-hydrogen) atoms. The normalized spacial score (nSPS) is 11.0. The zero-order valence-electron chi connectivity index (χ0n) is 17.5. The Morgan fingerprint density at radius 1 is 0.750 bits per heavy atom. The molecular weight excluding hydrogens is 412 g/mol. The Morgan fingerprint density at radius 2 is 1.12 bits per heavy atom. The highest BCUT2D eigenvalue weighted by Crippen LogP contribution is 2.23. The number of benzene rings is 2. The van der Waals surface area contributed by atoms with Gasteiger partial charge >= 0.3 is 11.9 Å². The first-order valence-electron chi connectivity index (χ1n) is 9.38. The molecule has 2 aromatic rings. The molecular formula is C24H20N2O6. The third kappa shape index (κ3) is 6.48. The Hall–Kier alpha value is -4.56. The second-order valence-corrected chi connectivity index (χ2v) is 6.10. The summed E-state index contributed by atoms with van der Waals surface area (Å²) in [5.74, 6) is -0.560. The summed E-state index contributed by atoms with van der Waals surface area (Å²) in [5, 5.41) is 18.3. The summed E-state index contributed by atoms with van der Waals surface area (Å²) in [6.45, 7) is 0.316. The number of nitrogens with zero attached hydrogens (tertiary/aromatic N) is 2. The van der Waals surface area contributed by atoms with E-state index < -0.39 is 11.9 Å². The average Bonchev–Trinajstić information content (AvgIpc) is 2.84. The topological polar surface area (TPSA) is 119 Å². The molecule has 0 heterocycles. The molecule has 0 aliphatic rings. The van der Waals surface area contributed by atoms with Gasteiger partial charge in [0.2, 0.25) is 0 Å². The van der Waals surface area contributed by atoms with E-state index in [2.05, 4.69) is 9.47 Å². The van der Waals surface area contributed by atoms with E-state index in [9.17, 15) is 9.59 Å². The van der Waals surface area contributed by atoms with Crippen molar-refractivity contribution in [3.8, 4) is 23.6 Å². The Labute approximate surface area is 185 Å². The zero-order chi connectivity index (χ0) is 23.3. The van der Waals surface area contributed by atoms with Crippen LogP contribution in [0.2, 0.25) is 0 Å². The van der Waals surface area contributed by atoms with Gasteiger partial charge in [-0.3, -0.25) is 0 Å². The Kier molecular flexibility index (Phi) is 9.05. The molecule has 8 heteroatoms. The van der Waals surface area contributed by atoms with Gasteiger partial charge in [0.1, 0.15) is 48.0 Å². The minimum absolute atomic E-state index is 0.153. The molecule has 162 valence electrons. The van der Waals surface area contributed by atoms with Crippen molar-refractivity contribution < 1.29 is 28.5 Å². The summed E-state index contributed by atoms with van der Waals surface area (Å²) in [7, 11) is 2.40. The minimum atomic E-state index is -0.737. The molecule has 0 fully saturated rings. The lowest BCUT2D eigenvalue weighted by atomic mass is 10.1. The van der Waals surface area contributed by atoms with Crippen LogP contribution >= 0.6 is 0 Å². The molecule has 8 nitrogen and oxygen atoms in total. The van der Waals surface area contributed by atoms with Crippen molar-refractivity contribution in [2.24, 2.45) is 0 Å². The van der Waals surface area contributed by atoms with Gasteiger partial charge in [0.25, 0.3) is 0 Å². The van der Waals surface area contributed by atoms with Crippen molar-refractivity contribution in [3.05, 3.63) is 70.8 Å². The van der Waals surface area contributed by atoms with Crippen LogP contribution in [0, 0.1) is 22.7 Å². The van der Waals surface area contributed by atoms with Crippen LogP contribution in [0.1, 0.15) is 11.1 Å². The fraction of sp³-hybridized carbons (Fsp3) is 0.167. The molecule has 0 saturated heterocycles. The van der Waals surface area contributed by atoms with Gasteiger partial charge in [-0.1, -0.05) is 36.4 Å². The number of rotatable bonds is 9. The monoisotopic (exact) mass is 432 g/mol. The summed E-state index contributed by atoms with van der Waals surface area (Å²) in [6, 6.07) is 17.4. The van der Waals surface area contributed by atoms with Crippen molar-refractivity contribution in [2.75, 3.05) is 27.4 Å². The van der Waals surface area contributed by atoms with Gasteiger partial charge in [-0.25, -0.2) is 9.59 Å². The maximum Gasteiger partial charge on any atom is 0.348 e. The number of carbonyl (C=O) groups excluding carboxylic acids is 2. The van der Waals surface area contributed by atoms with Gasteiger partial charge in [0.05, 0.1) is 14.2 Å². The van der Waals surface area contributed by atoms with Gasteiger partial charge in [0, 0.05) is 11.1 Å². The molecule has 0 saturated carbocycles. The van der Waals surface area contributed by atoms with Gasteiger partial charge in [-0.05, 0) is 24.3 Å². The van der Waals surface area contributed by atoms with Crippen LogP contribution in [0.3, 0.4) is 0 Å². The highest BCUT2D eigenvalue weighted by Gasteiger charge is 2.12. The van der Waals surface area contributed by atoms with E-state index in [1.54, 1.807) is 60.7 Å². The first-order chi connectivity index (χ1) is 15.5. The number of para-hydroxylation sites is 2. The smallest absolute Gasteiger partial charge is 0.348 e. The standard InChI is InChI=1S/C24H20N2O6/c1-29-23(27)19(15-25)13-17-7-3-5-9-21(17)31-11-12-32-22-10-6-4-8-18(22)14-20(16-26)24(28)30-2/h3-10,13-14H,11-12H2,1-2H3. The van der Waals surface area contributed by atoms with Crippen molar-refractivity contribution in [3.63, 3.8) is 0 Å². The molecule has 2 rings (SSSR count). The Morgan fingerprint density at radius 3 is 1.47 bits per heavy atom. The molecule has 0 unspecified atom stereocenters. The van der Waals surface area contributed by atoms with Crippen molar-refractivity contribution in [1.29, 1.82) is 10.5 Å². The largest absolute Gasteiger partial charge is 0.489 e. The molecule has 0 N–H and O–H groups in total. The lowest BCUT2D eigenvalue weighted by molar-refractivity contribution is -0.136. The maximum atomic E-state index is 11.6. The first kappa shape index (κ1) is 23.7. The van der Waals surface area contributed by atoms with Crippen LogP contribution in [0.4, 0.5) is 0 Å². The lowest BCUT2D eigenvalue weighted by Gasteiger charge is -2.12. The van der Waals surface area contributed by atoms with E-state index in [0.717, 1.165) is 0 Å². The van der Waals surface area contributed by atoms with Crippen LogP contribution in [0.5, 0.6) is 11.5 Å². The van der Waals surface area contributed by atoms with E-state index in [-0.39, 0.29) is 24.4 Å². The third-order valence-corrected chi connectivity index (χ3v) is 4.09. The zero-order valence-corrected chi connectivity index (χ0v) is 17.5. The molecule has 0 aliphatic heterocycles. The van der Waals surface area contributed by atoms with Crippen LogP contribution in [-0.4, -0.2) is 39.4 Å². The fourth-order valence-electron chi connectivity index (χ4n) is 2.57. The fourth-order valence-corrected chi connectivity index (χ4v) is 2.57. The van der Waals surface area contributed by atoms with E-state index in [1.165, 1.54) is 26.4 Å². The second kappa shape index (κ2) is 12.2. The summed E-state index contributed by atoms with van der Waals surface area (Å²) >= 11 is 0. The number of nitriles is 2. The molecule has 0 amide bonds. The number of hydrogen-bond acceptors (Lipinski definition) is 8. The van der Waals surface area contributed by atoms with E-state index in [0.29, 0.717) is 22.6 Å². The van der Waals surface area contributed by atoms with E-state index in [1.807, 2.05) is 0 Å². The Balaban J connectivity index is 2.09. The Bertz CT molecular complexity index is 1030. The number of hydrogen-bond donors (Lipinski definition) is 0. The molecule has 0 radical (unpaired) electrons. The predicted molar refractivity (Wildman–Crippen MR) is 115 cm³/mol. The number of methoxy groups -OCH3 is 2. The lowest BCUT2D eigenvalue weighted by Crippen LogP contribution is -2.10. The van der Waals surface area contributed by atoms with Crippen molar-refractivity contribution in [2.45, 2.75) is 0 Å². The molecule has 0 aliphatic carbocycles. The highest BCUT2D eigenvalue weighted by atomic mass is 16.5. The number of esters is 2. The van der Waals surface area contributed by atoms with Gasteiger partial charge in [-0.2, -0.15) is 10.5 Å². The van der Waals surface area contributed by atoms with Crippen LogP contribution in [-0.2, 0) is 19.1 Å². The highest BCUT2D eigenvalue weighted by molar-refractivity contribution is 5.98. The summed E-state index contributed by atoms with van der Waals surface area (Å²) in [6.07, 6.45) is 2.77. The summed E-state index contributed by atoms with van der Waals surface area (Å²) < 4.78 is 20.7. The maximum absolute atomic E-state index is 11.6. The quantitative estimate of drug-likeness (QED) is 0.256. The number of ether oxygens (including phenoxy) is 4. The molecule has 0 atom stereocenters. The van der Waals surface area contributed by atoms with Crippen LogP contribution in [0.25, 0.3) is 12.2 Å².